The number of carbonyl (C=O) groups excluding carboxylic acids is 1. The van der Waals surface area contributed by atoms with Gasteiger partial charge in [0.1, 0.15) is 5.82 Å². The Bertz CT molecular complexity index is 655. The van der Waals surface area contributed by atoms with Gasteiger partial charge in [0.2, 0.25) is 0 Å². The molecule has 2 aromatic rings. The Morgan fingerprint density at radius 2 is 2.22 bits per heavy atom. The van der Waals surface area contributed by atoms with E-state index in [4.69, 9.17) is 0 Å². The maximum absolute atomic E-state index is 13.3. The molecule has 0 spiro atoms. The van der Waals surface area contributed by atoms with E-state index in [1.165, 1.54) is 29.6 Å². The van der Waals surface area contributed by atoms with E-state index < -0.39 is 5.91 Å². The van der Waals surface area contributed by atoms with Crippen molar-refractivity contribution < 1.29 is 9.18 Å². The zero-order valence-corrected chi connectivity index (χ0v) is 10.5. The Balaban J connectivity index is 2.19. The quantitative estimate of drug-likeness (QED) is 0.765. The van der Waals surface area contributed by atoms with Crippen molar-refractivity contribution in [1.29, 1.82) is 0 Å². The van der Waals surface area contributed by atoms with E-state index in [0.717, 1.165) is 0 Å². The molecule has 0 atom stereocenters. The summed E-state index contributed by atoms with van der Waals surface area (Å²) in [6.45, 7) is 0. The van der Waals surface area contributed by atoms with E-state index >= 15 is 0 Å². The van der Waals surface area contributed by atoms with Crippen molar-refractivity contribution in [2.75, 3.05) is 0 Å². The first-order chi connectivity index (χ1) is 8.66. The summed E-state index contributed by atoms with van der Waals surface area (Å²) in [6.07, 6.45) is 4.50. The monoisotopic (exact) mass is 262 g/mol. The van der Waals surface area contributed by atoms with Crippen LogP contribution in [-0.2, 0) is 11.8 Å². The largest absolute Gasteiger partial charge is 0.327 e. The third-order valence-corrected chi connectivity index (χ3v) is 3.12. The van der Waals surface area contributed by atoms with Crippen LogP contribution in [0.1, 0.15) is 5.56 Å². The summed E-state index contributed by atoms with van der Waals surface area (Å²) in [5.74, 6) is -0.764. The highest BCUT2D eigenvalue weighted by Crippen LogP contribution is 2.07. The van der Waals surface area contributed by atoms with E-state index in [1.54, 1.807) is 22.8 Å². The zero-order chi connectivity index (χ0) is 13.0. The number of rotatable bonds is 2. The molecule has 0 N–H and O–H groups in total. The zero-order valence-electron chi connectivity index (χ0n) is 9.71. The molecule has 0 bridgehead atoms. The number of hydrogen-bond acceptors (Lipinski definition) is 2. The molecule has 1 aromatic heterocycles. The topological polar surface area (TPSA) is 34.4 Å². The van der Waals surface area contributed by atoms with Gasteiger partial charge >= 0.3 is 0 Å². The van der Waals surface area contributed by atoms with Crippen LogP contribution in [0.3, 0.4) is 0 Å². The fraction of sp³-hybridized carbons (Fsp3) is 0.0769. The number of benzene rings is 1. The third-order valence-electron chi connectivity index (χ3n) is 2.28. The molecule has 1 amide bonds. The minimum atomic E-state index is -0.406. The molecule has 0 aliphatic rings. The highest BCUT2D eigenvalue weighted by Gasteiger charge is 1.98. The van der Waals surface area contributed by atoms with E-state index in [1.807, 2.05) is 18.6 Å². The second-order valence-electron chi connectivity index (χ2n) is 3.60. The lowest BCUT2D eigenvalue weighted by Gasteiger charge is -1.93. The highest BCUT2D eigenvalue weighted by atomic mass is 32.1. The molecule has 0 radical (unpaired) electrons. The molecule has 18 heavy (non-hydrogen) atoms. The number of amides is 1. The van der Waals surface area contributed by atoms with Gasteiger partial charge in [-0.05, 0) is 12.1 Å². The molecule has 1 heterocycles. The molecular weight excluding hydrogens is 251 g/mol. The van der Waals surface area contributed by atoms with E-state index in [0.29, 0.717) is 10.4 Å². The van der Waals surface area contributed by atoms with E-state index in [-0.39, 0.29) is 5.82 Å². The van der Waals surface area contributed by atoms with Crippen LogP contribution in [0.15, 0.2) is 46.9 Å². The summed E-state index contributed by atoms with van der Waals surface area (Å²) in [6, 6.07) is 6.26. The lowest BCUT2D eigenvalue weighted by atomic mass is 10.2. The van der Waals surface area contributed by atoms with Gasteiger partial charge in [0, 0.05) is 30.3 Å². The molecular formula is C13H11FN2OS. The molecule has 0 unspecified atom stereocenters. The van der Waals surface area contributed by atoms with Crippen molar-refractivity contribution in [3.8, 4) is 0 Å². The summed E-state index contributed by atoms with van der Waals surface area (Å²) in [5, 5.41) is 1.84. The van der Waals surface area contributed by atoms with Crippen LogP contribution in [0.25, 0.3) is 6.08 Å². The number of hydrogen-bond donors (Lipinski definition) is 0. The fourth-order valence-corrected chi connectivity index (χ4v) is 2.07. The Kier molecular flexibility index (Phi) is 3.84. The highest BCUT2D eigenvalue weighted by molar-refractivity contribution is 7.07. The maximum atomic E-state index is 13.3. The van der Waals surface area contributed by atoms with Crippen molar-refractivity contribution in [2.24, 2.45) is 12.0 Å². The van der Waals surface area contributed by atoms with Crippen molar-refractivity contribution >= 4 is 23.3 Å². The second-order valence-corrected chi connectivity index (χ2v) is 4.47. The van der Waals surface area contributed by atoms with Crippen LogP contribution >= 0.6 is 11.3 Å². The number of aromatic nitrogens is 1. The standard InChI is InChI=1S/C13H11FN2OS/c1-16-8-9-18-13(16)15-12(17)7-6-10-4-2-3-5-11(10)14/h2-9H,1H3. The minimum absolute atomic E-state index is 0.358. The molecule has 0 fully saturated rings. The minimum Gasteiger partial charge on any atom is -0.327 e. The van der Waals surface area contributed by atoms with Crippen LogP contribution in [0.5, 0.6) is 0 Å². The summed E-state index contributed by atoms with van der Waals surface area (Å²) in [4.78, 5) is 16.1. The first-order valence-electron chi connectivity index (χ1n) is 5.28. The van der Waals surface area contributed by atoms with Gasteiger partial charge in [-0.2, -0.15) is 4.99 Å². The predicted octanol–water partition coefficient (Wildman–Crippen LogP) is 2.37. The van der Waals surface area contributed by atoms with E-state index in [2.05, 4.69) is 4.99 Å². The summed E-state index contributed by atoms with van der Waals surface area (Å²) in [7, 11) is 1.81. The molecule has 2 rings (SSSR count). The Morgan fingerprint density at radius 3 is 2.89 bits per heavy atom. The van der Waals surface area contributed by atoms with Gasteiger partial charge in [0.15, 0.2) is 4.80 Å². The lowest BCUT2D eigenvalue weighted by molar-refractivity contribution is -0.113. The predicted molar refractivity (Wildman–Crippen MR) is 69.3 cm³/mol. The Morgan fingerprint density at radius 1 is 1.44 bits per heavy atom. The van der Waals surface area contributed by atoms with Gasteiger partial charge in [0.05, 0.1) is 0 Å². The Hall–Kier alpha value is -2.01. The van der Waals surface area contributed by atoms with Gasteiger partial charge in [0.25, 0.3) is 5.91 Å². The fourth-order valence-electron chi connectivity index (χ4n) is 1.34. The first-order valence-corrected chi connectivity index (χ1v) is 6.16. The van der Waals surface area contributed by atoms with Crippen molar-refractivity contribution in [2.45, 2.75) is 0 Å². The number of aryl methyl sites for hydroxylation is 1. The summed E-state index contributed by atoms with van der Waals surface area (Å²) >= 11 is 1.37. The molecule has 0 aliphatic carbocycles. The smallest absolute Gasteiger partial charge is 0.272 e. The second kappa shape index (κ2) is 5.55. The van der Waals surface area contributed by atoms with Gasteiger partial charge < -0.3 is 4.57 Å². The van der Waals surface area contributed by atoms with Gasteiger partial charge in [-0.1, -0.05) is 18.2 Å². The first kappa shape index (κ1) is 12.4. The SMILES string of the molecule is Cn1ccsc1=NC(=O)C=Cc1ccccc1F. The normalized spacial score (nSPS) is 12.2. The van der Waals surface area contributed by atoms with Crippen LogP contribution in [0, 0.1) is 5.82 Å². The summed E-state index contributed by atoms with van der Waals surface area (Å²) < 4.78 is 15.0. The van der Waals surface area contributed by atoms with Gasteiger partial charge in [-0.3, -0.25) is 4.79 Å². The maximum Gasteiger partial charge on any atom is 0.272 e. The van der Waals surface area contributed by atoms with Crippen molar-refractivity contribution in [3.63, 3.8) is 0 Å². The average molecular weight is 262 g/mol. The molecule has 92 valence electrons. The number of halogens is 1. The third kappa shape index (κ3) is 3.01. The van der Waals surface area contributed by atoms with Crippen LogP contribution in [-0.4, -0.2) is 10.5 Å². The number of nitrogens with zero attached hydrogens (tertiary/aromatic N) is 2. The molecule has 0 saturated carbocycles. The van der Waals surface area contributed by atoms with Gasteiger partial charge in [-0.15, -0.1) is 11.3 Å². The lowest BCUT2D eigenvalue weighted by Crippen LogP contribution is -2.11. The molecule has 5 heteroatoms. The molecule has 0 aliphatic heterocycles. The van der Waals surface area contributed by atoms with Crippen LogP contribution < -0.4 is 4.80 Å². The Labute approximate surface area is 108 Å². The van der Waals surface area contributed by atoms with Crippen molar-refractivity contribution in [1.82, 2.24) is 4.57 Å². The molecule has 3 nitrogen and oxygen atoms in total. The molecule has 1 aromatic carbocycles. The van der Waals surface area contributed by atoms with E-state index in [9.17, 15) is 9.18 Å². The van der Waals surface area contributed by atoms with Crippen LogP contribution in [0.4, 0.5) is 4.39 Å². The molecule has 0 saturated heterocycles. The number of carbonyl (C=O) groups is 1. The van der Waals surface area contributed by atoms with Crippen molar-refractivity contribution in [3.05, 3.63) is 58.1 Å². The average Bonchev–Trinajstić information content (AvgIpc) is 2.74. The van der Waals surface area contributed by atoms with Crippen LogP contribution in [0.2, 0.25) is 0 Å². The van der Waals surface area contributed by atoms with Gasteiger partial charge in [-0.25, -0.2) is 4.39 Å². The number of thiazole rings is 1. The summed E-state index contributed by atoms with van der Waals surface area (Å²) in [5.41, 5.74) is 0.372.